The standard InChI is InChI=1S/C22H27FN4O2/c1-26(2)20-10-3-7-17(12-20)21(28)27-11-5-6-16(15-27)14-24-22(29)25-19-9-4-8-18(23)13-19/h3-4,7-10,12-13,16H,5-6,11,14-15H2,1-2H3,(H2,24,25,29). The van der Waals surface area contributed by atoms with Crippen LogP contribution in [0.25, 0.3) is 0 Å². The Labute approximate surface area is 170 Å². The number of urea groups is 1. The van der Waals surface area contributed by atoms with Crippen LogP contribution in [-0.4, -0.2) is 50.6 Å². The van der Waals surface area contributed by atoms with Crippen molar-refractivity contribution in [1.29, 1.82) is 0 Å². The summed E-state index contributed by atoms with van der Waals surface area (Å²) < 4.78 is 13.2. The van der Waals surface area contributed by atoms with Gasteiger partial charge in [-0.1, -0.05) is 12.1 Å². The lowest BCUT2D eigenvalue weighted by molar-refractivity contribution is 0.0675. The number of carbonyl (C=O) groups is 2. The van der Waals surface area contributed by atoms with E-state index in [1.54, 1.807) is 12.1 Å². The fourth-order valence-corrected chi connectivity index (χ4v) is 3.49. The molecule has 1 aliphatic heterocycles. The number of nitrogens with zero attached hydrogens (tertiary/aromatic N) is 2. The van der Waals surface area contributed by atoms with Crippen molar-refractivity contribution in [2.24, 2.45) is 5.92 Å². The first kappa shape index (κ1) is 20.6. The lowest BCUT2D eigenvalue weighted by Crippen LogP contribution is -2.44. The molecule has 0 bridgehead atoms. The highest BCUT2D eigenvalue weighted by molar-refractivity contribution is 5.95. The minimum Gasteiger partial charge on any atom is -0.378 e. The maximum absolute atomic E-state index is 13.2. The second-order valence-corrected chi connectivity index (χ2v) is 7.55. The van der Waals surface area contributed by atoms with E-state index in [0.29, 0.717) is 24.3 Å². The van der Waals surface area contributed by atoms with Crippen LogP contribution in [0.4, 0.5) is 20.6 Å². The molecule has 2 N–H and O–H groups in total. The Hall–Kier alpha value is -3.09. The fraction of sp³-hybridized carbons (Fsp3) is 0.364. The lowest BCUT2D eigenvalue weighted by Gasteiger charge is -2.33. The van der Waals surface area contributed by atoms with E-state index in [0.717, 1.165) is 25.1 Å². The number of hydrogen-bond acceptors (Lipinski definition) is 3. The topological polar surface area (TPSA) is 64.7 Å². The molecule has 0 spiro atoms. The van der Waals surface area contributed by atoms with Gasteiger partial charge in [-0.2, -0.15) is 0 Å². The molecule has 3 rings (SSSR count). The van der Waals surface area contributed by atoms with Crippen molar-refractivity contribution >= 4 is 23.3 Å². The van der Waals surface area contributed by atoms with Crippen LogP contribution < -0.4 is 15.5 Å². The van der Waals surface area contributed by atoms with Crippen molar-refractivity contribution < 1.29 is 14.0 Å². The Morgan fingerprint density at radius 1 is 1.17 bits per heavy atom. The molecule has 6 nitrogen and oxygen atoms in total. The molecule has 154 valence electrons. The van der Waals surface area contributed by atoms with Crippen LogP contribution in [0.15, 0.2) is 48.5 Å². The molecule has 2 aromatic rings. The average molecular weight is 398 g/mol. The summed E-state index contributed by atoms with van der Waals surface area (Å²) in [4.78, 5) is 28.8. The third kappa shape index (κ3) is 5.70. The monoisotopic (exact) mass is 398 g/mol. The molecule has 1 saturated heterocycles. The predicted molar refractivity (Wildman–Crippen MR) is 113 cm³/mol. The largest absolute Gasteiger partial charge is 0.378 e. The van der Waals surface area contributed by atoms with E-state index in [1.165, 1.54) is 12.1 Å². The van der Waals surface area contributed by atoms with Gasteiger partial charge in [0.25, 0.3) is 5.91 Å². The molecule has 1 atom stereocenters. The summed E-state index contributed by atoms with van der Waals surface area (Å²) >= 11 is 0. The van der Waals surface area contributed by atoms with Crippen LogP contribution >= 0.6 is 0 Å². The second-order valence-electron chi connectivity index (χ2n) is 7.55. The number of hydrogen-bond donors (Lipinski definition) is 2. The lowest BCUT2D eigenvalue weighted by atomic mass is 9.97. The van der Waals surface area contributed by atoms with Gasteiger partial charge < -0.3 is 20.4 Å². The first-order valence-electron chi connectivity index (χ1n) is 9.79. The maximum atomic E-state index is 13.2. The van der Waals surface area contributed by atoms with E-state index in [1.807, 2.05) is 48.2 Å². The number of anilines is 2. The molecule has 1 unspecified atom stereocenters. The molecular formula is C22H27FN4O2. The molecule has 29 heavy (non-hydrogen) atoms. The third-order valence-corrected chi connectivity index (χ3v) is 5.05. The highest BCUT2D eigenvalue weighted by Gasteiger charge is 2.25. The van der Waals surface area contributed by atoms with E-state index in [2.05, 4.69) is 10.6 Å². The highest BCUT2D eigenvalue weighted by atomic mass is 19.1. The Balaban J connectivity index is 1.53. The number of rotatable bonds is 5. The number of nitrogens with one attached hydrogen (secondary N) is 2. The van der Waals surface area contributed by atoms with Gasteiger partial charge in [0.15, 0.2) is 0 Å². The summed E-state index contributed by atoms with van der Waals surface area (Å²) in [6, 6.07) is 13.0. The Morgan fingerprint density at radius 3 is 2.72 bits per heavy atom. The number of halogens is 1. The fourth-order valence-electron chi connectivity index (χ4n) is 3.49. The summed E-state index contributed by atoms with van der Waals surface area (Å²) in [7, 11) is 3.89. The van der Waals surface area contributed by atoms with Gasteiger partial charge in [-0.3, -0.25) is 4.79 Å². The number of benzene rings is 2. The van der Waals surface area contributed by atoms with Crippen LogP contribution in [0, 0.1) is 11.7 Å². The van der Waals surface area contributed by atoms with Crippen molar-refractivity contribution in [3.8, 4) is 0 Å². The first-order chi connectivity index (χ1) is 13.9. The number of piperidine rings is 1. The minimum absolute atomic E-state index is 0.0163. The smallest absolute Gasteiger partial charge is 0.319 e. The zero-order chi connectivity index (χ0) is 20.8. The molecule has 0 saturated carbocycles. The molecular weight excluding hydrogens is 371 g/mol. The molecule has 7 heteroatoms. The van der Waals surface area contributed by atoms with Crippen molar-refractivity contribution in [2.45, 2.75) is 12.8 Å². The third-order valence-electron chi connectivity index (χ3n) is 5.05. The molecule has 1 heterocycles. The Morgan fingerprint density at radius 2 is 1.97 bits per heavy atom. The van der Waals surface area contributed by atoms with Gasteiger partial charge in [0.05, 0.1) is 0 Å². The molecule has 2 aromatic carbocycles. The molecule has 0 aromatic heterocycles. The van der Waals surface area contributed by atoms with E-state index in [-0.39, 0.29) is 17.9 Å². The molecule has 1 aliphatic rings. The quantitative estimate of drug-likeness (QED) is 0.809. The van der Waals surface area contributed by atoms with Gasteiger partial charge in [0, 0.05) is 50.7 Å². The summed E-state index contributed by atoms with van der Waals surface area (Å²) in [6.45, 7) is 1.78. The van der Waals surface area contributed by atoms with E-state index < -0.39 is 5.82 Å². The number of likely N-dealkylation sites (tertiary alicyclic amines) is 1. The summed E-state index contributed by atoms with van der Waals surface area (Å²) in [5, 5.41) is 5.45. The summed E-state index contributed by atoms with van der Waals surface area (Å²) in [5.74, 6) is -0.201. The number of amides is 3. The van der Waals surface area contributed by atoms with Gasteiger partial charge in [-0.25, -0.2) is 9.18 Å². The molecule has 1 fully saturated rings. The molecule has 0 aliphatic carbocycles. The Kier molecular flexibility index (Phi) is 6.69. The van der Waals surface area contributed by atoms with Crippen molar-refractivity contribution in [3.63, 3.8) is 0 Å². The van der Waals surface area contributed by atoms with Gasteiger partial charge in [0.2, 0.25) is 0 Å². The van der Waals surface area contributed by atoms with Gasteiger partial charge in [0.1, 0.15) is 5.82 Å². The average Bonchev–Trinajstić information content (AvgIpc) is 2.72. The van der Waals surface area contributed by atoms with Gasteiger partial charge >= 0.3 is 6.03 Å². The second kappa shape index (κ2) is 9.41. The van der Waals surface area contributed by atoms with Crippen molar-refractivity contribution in [3.05, 3.63) is 59.9 Å². The maximum Gasteiger partial charge on any atom is 0.319 e. The van der Waals surface area contributed by atoms with Crippen LogP contribution in [0.2, 0.25) is 0 Å². The van der Waals surface area contributed by atoms with Crippen LogP contribution in [0.3, 0.4) is 0 Å². The normalized spacial score (nSPS) is 16.2. The van der Waals surface area contributed by atoms with Gasteiger partial charge in [-0.05, 0) is 55.2 Å². The SMILES string of the molecule is CN(C)c1cccc(C(=O)N2CCCC(CNC(=O)Nc3cccc(F)c3)C2)c1. The molecule has 0 radical (unpaired) electrons. The van der Waals surface area contributed by atoms with Crippen molar-refractivity contribution in [1.82, 2.24) is 10.2 Å². The highest BCUT2D eigenvalue weighted by Crippen LogP contribution is 2.20. The summed E-state index contributed by atoms with van der Waals surface area (Å²) in [6.07, 6.45) is 1.85. The number of carbonyl (C=O) groups excluding carboxylic acids is 2. The summed E-state index contributed by atoms with van der Waals surface area (Å²) in [5.41, 5.74) is 2.07. The van der Waals surface area contributed by atoms with E-state index >= 15 is 0 Å². The first-order valence-corrected chi connectivity index (χ1v) is 9.79. The zero-order valence-corrected chi connectivity index (χ0v) is 16.8. The predicted octanol–water partition coefficient (Wildman–Crippen LogP) is 3.57. The van der Waals surface area contributed by atoms with Crippen LogP contribution in [0.5, 0.6) is 0 Å². The molecule has 3 amide bonds. The van der Waals surface area contributed by atoms with E-state index in [4.69, 9.17) is 0 Å². The Bertz CT molecular complexity index is 871. The van der Waals surface area contributed by atoms with Crippen molar-refractivity contribution in [2.75, 3.05) is 43.9 Å². The van der Waals surface area contributed by atoms with Crippen LogP contribution in [-0.2, 0) is 0 Å². The minimum atomic E-state index is -0.400. The van der Waals surface area contributed by atoms with Crippen LogP contribution in [0.1, 0.15) is 23.2 Å². The van der Waals surface area contributed by atoms with Gasteiger partial charge in [-0.15, -0.1) is 0 Å². The zero-order valence-electron chi connectivity index (χ0n) is 16.8. The van der Waals surface area contributed by atoms with E-state index in [9.17, 15) is 14.0 Å².